The van der Waals surface area contributed by atoms with E-state index < -0.39 is 17.4 Å². The van der Waals surface area contributed by atoms with Crippen molar-refractivity contribution in [2.75, 3.05) is 37.8 Å². The predicted octanol–water partition coefficient (Wildman–Crippen LogP) is 0.304. The first-order chi connectivity index (χ1) is 14.4. The minimum Gasteiger partial charge on any atom is -0.491 e. The Balaban J connectivity index is 1.65. The van der Waals surface area contributed by atoms with Gasteiger partial charge in [0.1, 0.15) is 18.5 Å². The first-order valence-corrected chi connectivity index (χ1v) is 10.6. The molecule has 3 aromatic rings. The van der Waals surface area contributed by atoms with Gasteiger partial charge >= 0.3 is 5.69 Å². The highest BCUT2D eigenvalue weighted by Gasteiger charge is 2.24. The van der Waals surface area contributed by atoms with E-state index in [4.69, 9.17) is 9.47 Å². The highest BCUT2D eigenvalue weighted by Crippen LogP contribution is 2.21. The smallest absolute Gasteiger partial charge is 0.329 e. The van der Waals surface area contributed by atoms with Gasteiger partial charge in [-0.2, -0.15) is 4.98 Å². The van der Waals surface area contributed by atoms with E-state index in [0.29, 0.717) is 38.0 Å². The van der Waals surface area contributed by atoms with Crippen molar-refractivity contribution in [1.29, 1.82) is 0 Å². The minimum atomic E-state index is -0.891. The van der Waals surface area contributed by atoms with E-state index in [1.807, 2.05) is 29.2 Å². The van der Waals surface area contributed by atoms with Crippen LogP contribution in [0.25, 0.3) is 11.2 Å². The number of fused-ring (bicyclic) bond motifs is 1. The molecule has 30 heavy (non-hydrogen) atoms. The number of nitrogens with one attached hydrogen (secondary N) is 1. The lowest BCUT2D eigenvalue weighted by Gasteiger charge is -2.28. The Morgan fingerprint density at radius 1 is 1.27 bits per heavy atom. The van der Waals surface area contributed by atoms with Crippen LogP contribution in [-0.4, -0.2) is 63.2 Å². The maximum atomic E-state index is 12.6. The molecule has 4 rings (SSSR count). The summed E-state index contributed by atoms with van der Waals surface area (Å²) in [5, 5.41) is 10.6. The van der Waals surface area contributed by atoms with Gasteiger partial charge in [0, 0.05) is 23.7 Å². The SMILES string of the molecule is Cn1c(=O)[nH]c(=O)c2c1nc(N1CCOCC1)n2C[C@H](O)COc1ccc(I)cc1. The molecule has 0 radical (unpaired) electrons. The van der Waals surface area contributed by atoms with E-state index in [1.54, 1.807) is 11.6 Å². The van der Waals surface area contributed by atoms with Crippen LogP contribution in [-0.2, 0) is 18.3 Å². The van der Waals surface area contributed by atoms with Crippen molar-refractivity contribution >= 4 is 39.7 Å². The van der Waals surface area contributed by atoms with Crippen LogP contribution >= 0.6 is 22.6 Å². The normalized spacial score (nSPS) is 15.5. The Morgan fingerprint density at radius 3 is 2.67 bits per heavy atom. The van der Waals surface area contributed by atoms with Crippen molar-refractivity contribution in [1.82, 2.24) is 19.1 Å². The van der Waals surface area contributed by atoms with Gasteiger partial charge in [0.2, 0.25) is 5.95 Å². The number of anilines is 1. The molecule has 0 aliphatic carbocycles. The lowest BCUT2D eigenvalue weighted by Crippen LogP contribution is -2.39. The van der Waals surface area contributed by atoms with Crippen LogP contribution in [0.15, 0.2) is 33.9 Å². The van der Waals surface area contributed by atoms with Gasteiger partial charge in [-0.15, -0.1) is 0 Å². The van der Waals surface area contributed by atoms with Gasteiger partial charge in [0.25, 0.3) is 5.56 Å². The summed E-state index contributed by atoms with van der Waals surface area (Å²) in [5.74, 6) is 1.17. The van der Waals surface area contributed by atoms with Crippen molar-refractivity contribution < 1.29 is 14.6 Å². The van der Waals surface area contributed by atoms with Crippen LogP contribution in [0, 0.1) is 3.57 Å². The molecule has 0 amide bonds. The van der Waals surface area contributed by atoms with Gasteiger partial charge in [-0.1, -0.05) is 0 Å². The molecule has 0 spiro atoms. The quantitative estimate of drug-likeness (QED) is 0.444. The standard InChI is InChI=1S/C19H22IN5O5/c1-23-16-15(17(27)22-19(23)28)25(18(21-16)24-6-8-29-9-7-24)10-13(26)11-30-14-4-2-12(20)3-5-14/h2-5,13,26H,6-11H2,1H3,(H,22,27,28)/t13-/m0/s1. The summed E-state index contributed by atoms with van der Waals surface area (Å²) in [5.41, 5.74) is -0.554. The Labute approximate surface area is 185 Å². The van der Waals surface area contributed by atoms with Crippen molar-refractivity contribution in [2.24, 2.45) is 7.05 Å². The third-order valence-electron chi connectivity index (χ3n) is 4.93. The zero-order valence-electron chi connectivity index (χ0n) is 16.4. The number of rotatable bonds is 6. The number of aromatic amines is 1. The number of ether oxygens (including phenoxy) is 2. The number of benzene rings is 1. The maximum Gasteiger partial charge on any atom is 0.329 e. The minimum absolute atomic E-state index is 0.0481. The first-order valence-electron chi connectivity index (χ1n) is 9.52. The second-order valence-corrected chi connectivity index (χ2v) is 8.28. The number of imidazole rings is 1. The maximum absolute atomic E-state index is 12.6. The number of nitrogens with zero attached hydrogens (tertiary/aromatic N) is 4. The molecule has 10 nitrogen and oxygen atoms in total. The molecule has 2 aromatic heterocycles. The Kier molecular flexibility index (Phi) is 6.11. The number of aliphatic hydroxyl groups excluding tert-OH is 1. The third kappa shape index (κ3) is 4.23. The Hall–Kier alpha value is -2.38. The van der Waals surface area contributed by atoms with Crippen LogP contribution in [0.2, 0.25) is 0 Å². The van der Waals surface area contributed by atoms with Crippen molar-refractivity contribution in [3.8, 4) is 5.75 Å². The van der Waals surface area contributed by atoms with Gasteiger partial charge in [-0.3, -0.25) is 14.3 Å². The average Bonchev–Trinajstić information content (AvgIpc) is 3.12. The summed E-state index contributed by atoms with van der Waals surface area (Å²) in [7, 11) is 1.55. The van der Waals surface area contributed by atoms with E-state index in [-0.39, 0.29) is 24.3 Å². The second-order valence-electron chi connectivity index (χ2n) is 7.03. The van der Waals surface area contributed by atoms with Gasteiger partial charge < -0.3 is 24.0 Å². The summed E-state index contributed by atoms with van der Waals surface area (Å²) in [6.45, 7) is 2.42. The topological polar surface area (TPSA) is 115 Å². The van der Waals surface area contributed by atoms with Crippen LogP contribution < -0.4 is 20.9 Å². The largest absolute Gasteiger partial charge is 0.491 e. The zero-order chi connectivity index (χ0) is 21.3. The summed E-state index contributed by atoms with van der Waals surface area (Å²) in [6, 6.07) is 7.51. The Bertz CT molecular complexity index is 1150. The summed E-state index contributed by atoms with van der Waals surface area (Å²) in [6.07, 6.45) is -0.891. The molecule has 1 fully saturated rings. The van der Waals surface area contributed by atoms with Crippen LogP contribution in [0.3, 0.4) is 0 Å². The fourth-order valence-corrected chi connectivity index (χ4v) is 3.75. The number of hydrogen-bond donors (Lipinski definition) is 2. The first kappa shape index (κ1) is 20.9. The molecule has 0 bridgehead atoms. The summed E-state index contributed by atoms with van der Waals surface area (Å²) >= 11 is 2.21. The highest BCUT2D eigenvalue weighted by atomic mass is 127. The van der Waals surface area contributed by atoms with E-state index in [9.17, 15) is 14.7 Å². The molecule has 1 aromatic carbocycles. The fourth-order valence-electron chi connectivity index (χ4n) is 3.39. The number of aromatic nitrogens is 4. The average molecular weight is 527 g/mol. The van der Waals surface area contributed by atoms with Crippen LogP contribution in [0.1, 0.15) is 0 Å². The van der Waals surface area contributed by atoms with Crippen molar-refractivity contribution in [3.63, 3.8) is 0 Å². The lowest BCUT2D eigenvalue weighted by atomic mass is 10.3. The number of hydrogen-bond acceptors (Lipinski definition) is 7. The highest BCUT2D eigenvalue weighted by molar-refractivity contribution is 14.1. The number of aliphatic hydroxyl groups is 1. The van der Waals surface area contributed by atoms with E-state index in [2.05, 4.69) is 32.6 Å². The van der Waals surface area contributed by atoms with E-state index in [1.165, 1.54) is 4.57 Å². The van der Waals surface area contributed by atoms with E-state index >= 15 is 0 Å². The Morgan fingerprint density at radius 2 is 1.97 bits per heavy atom. The summed E-state index contributed by atoms with van der Waals surface area (Å²) in [4.78, 5) is 33.4. The molecule has 1 aliphatic heterocycles. The monoisotopic (exact) mass is 527 g/mol. The molecular formula is C19H22IN5O5. The molecule has 11 heteroatoms. The predicted molar refractivity (Wildman–Crippen MR) is 119 cm³/mol. The molecule has 0 saturated carbocycles. The van der Waals surface area contributed by atoms with Gasteiger partial charge in [0.15, 0.2) is 11.2 Å². The fraction of sp³-hybridized carbons (Fsp3) is 0.421. The van der Waals surface area contributed by atoms with Gasteiger partial charge in [0.05, 0.1) is 19.8 Å². The van der Waals surface area contributed by atoms with Crippen molar-refractivity contribution in [2.45, 2.75) is 12.6 Å². The number of aryl methyl sites for hydroxylation is 1. The summed E-state index contributed by atoms with van der Waals surface area (Å²) < 4.78 is 15.1. The molecule has 3 heterocycles. The van der Waals surface area contributed by atoms with Crippen LogP contribution in [0.5, 0.6) is 5.75 Å². The second kappa shape index (κ2) is 8.78. The molecule has 2 N–H and O–H groups in total. The van der Waals surface area contributed by atoms with Gasteiger partial charge in [-0.05, 0) is 46.9 Å². The zero-order valence-corrected chi connectivity index (χ0v) is 18.5. The molecule has 1 aliphatic rings. The number of H-pyrrole nitrogens is 1. The van der Waals surface area contributed by atoms with Gasteiger partial charge in [-0.25, -0.2) is 4.79 Å². The molecular weight excluding hydrogens is 505 g/mol. The van der Waals surface area contributed by atoms with Crippen LogP contribution in [0.4, 0.5) is 5.95 Å². The van der Waals surface area contributed by atoms with Crippen molar-refractivity contribution in [3.05, 3.63) is 48.7 Å². The third-order valence-corrected chi connectivity index (χ3v) is 5.65. The molecule has 160 valence electrons. The van der Waals surface area contributed by atoms with E-state index in [0.717, 1.165) is 3.57 Å². The molecule has 0 unspecified atom stereocenters. The lowest BCUT2D eigenvalue weighted by molar-refractivity contribution is 0.0927. The molecule has 1 atom stereocenters. The molecule has 1 saturated heterocycles. The number of morpholine rings is 1. The number of halogens is 1.